The molecule has 0 amide bonds. The molecule has 1 rings (SSSR count). The van der Waals surface area contributed by atoms with Crippen molar-refractivity contribution in [3.05, 3.63) is 0 Å². The first kappa shape index (κ1) is 15.8. The van der Waals surface area contributed by atoms with Gasteiger partial charge in [0, 0.05) is 6.04 Å². The topological polar surface area (TPSA) is 32.3 Å². The number of hydrogen-bond donors (Lipinski definition) is 2. The van der Waals surface area contributed by atoms with Crippen LogP contribution in [-0.2, 0) is 0 Å². The summed E-state index contributed by atoms with van der Waals surface area (Å²) in [5, 5.41) is 12.4. The molecule has 1 fully saturated rings. The van der Waals surface area contributed by atoms with Gasteiger partial charge in [-0.1, -0.05) is 12.8 Å². The summed E-state index contributed by atoms with van der Waals surface area (Å²) < 4.78 is 37.1. The van der Waals surface area contributed by atoms with E-state index in [-0.39, 0.29) is 0 Å². The molecule has 0 saturated heterocycles. The van der Waals surface area contributed by atoms with E-state index in [9.17, 15) is 18.3 Å². The van der Waals surface area contributed by atoms with Crippen molar-refractivity contribution in [2.75, 3.05) is 7.05 Å². The van der Waals surface area contributed by atoms with Gasteiger partial charge in [-0.25, -0.2) is 0 Å². The molecule has 5 heteroatoms. The summed E-state index contributed by atoms with van der Waals surface area (Å²) >= 11 is 0. The van der Waals surface area contributed by atoms with Gasteiger partial charge in [-0.15, -0.1) is 0 Å². The summed E-state index contributed by atoms with van der Waals surface area (Å²) in [4.78, 5) is 0. The molecule has 0 bridgehead atoms. The van der Waals surface area contributed by atoms with E-state index in [4.69, 9.17) is 0 Å². The van der Waals surface area contributed by atoms with Crippen LogP contribution in [0.3, 0.4) is 0 Å². The summed E-state index contributed by atoms with van der Waals surface area (Å²) in [5.41, 5.74) is 0. The van der Waals surface area contributed by atoms with E-state index in [0.29, 0.717) is 24.8 Å². The summed E-state index contributed by atoms with van der Waals surface area (Å²) in [6.07, 6.45) is -1.83. The summed E-state index contributed by atoms with van der Waals surface area (Å²) in [5.74, 6) is -0.0690. The van der Waals surface area contributed by atoms with Gasteiger partial charge in [0.05, 0.1) is 0 Å². The molecule has 1 aliphatic carbocycles. The van der Waals surface area contributed by atoms with E-state index >= 15 is 0 Å². The molecule has 2 atom stereocenters. The number of halogens is 3. The lowest BCUT2D eigenvalue weighted by molar-refractivity contribution is -0.222. The molecule has 0 aromatic carbocycles. The van der Waals surface area contributed by atoms with Gasteiger partial charge in [-0.2, -0.15) is 13.2 Å². The van der Waals surface area contributed by atoms with Gasteiger partial charge in [-0.05, 0) is 51.5 Å². The van der Waals surface area contributed by atoms with Crippen molar-refractivity contribution in [3.63, 3.8) is 0 Å². The lowest BCUT2D eigenvalue weighted by Crippen LogP contribution is -2.38. The first-order valence-electron chi connectivity index (χ1n) is 6.76. The van der Waals surface area contributed by atoms with E-state index in [2.05, 4.69) is 12.2 Å². The van der Waals surface area contributed by atoms with Crippen molar-refractivity contribution < 1.29 is 18.3 Å². The second-order valence-electron chi connectivity index (χ2n) is 5.53. The van der Waals surface area contributed by atoms with Crippen LogP contribution in [0.4, 0.5) is 13.2 Å². The number of aliphatic hydroxyl groups is 1. The molecular weight excluding hydrogens is 243 g/mol. The van der Waals surface area contributed by atoms with Gasteiger partial charge in [-0.3, -0.25) is 0 Å². The number of alkyl halides is 3. The standard InChI is InChI=1S/C13H24F3NO/c1-9(17-2)3-4-10-5-7-11(8-6-10)12(18)13(14,15)16/h9-12,17-18H,3-8H2,1-2H3. The molecule has 0 aliphatic heterocycles. The van der Waals surface area contributed by atoms with Crippen molar-refractivity contribution in [1.29, 1.82) is 0 Å². The SMILES string of the molecule is CNC(C)CCC1CCC(C(O)C(F)(F)F)CC1. The minimum Gasteiger partial charge on any atom is -0.383 e. The molecule has 2 N–H and O–H groups in total. The first-order valence-corrected chi connectivity index (χ1v) is 6.76. The van der Waals surface area contributed by atoms with Gasteiger partial charge in [0.2, 0.25) is 0 Å². The van der Waals surface area contributed by atoms with Crippen LogP contribution < -0.4 is 5.32 Å². The average Bonchev–Trinajstić information content (AvgIpc) is 2.34. The van der Waals surface area contributed by atoms with Gasteiger partial charge in [0.1, 0.15) is 0 Å². The van der Waals surface area contributed by atoms with Crippen molar-refractivity contribution in [1.82, 2.24) is 5.32 Å². The zero-order valence-electron chi connectivity index (χ0n) is 11.1. The third-order valence-electron chi connectivity index (χ3n) is 4.17. The van der Waals surface area contributed by atoms with Gasteiger partial charge >= 0.3 is 6.18 Å². The molecule has 2 nitrogen and oxygen atoms in total. The minimum absolute atomic E-state index is 0.462. The minimum atomic E-state index is -4.46. The molecule has 0 aromatic heterocycles. The number of hydrogen-bond acceptors (Lipinski definition) is 2. The molecule has 2 unspecified atom stereocenters. The Labute approximate surface area is 107 Å². The van der Waals surface area contributed by atoms with Crippen LogP contribution >= 0.6 is 0 Å². The van der Waals surface area contributed by atoms with Gasteiger partial charge < -0.3 is 10.4 Å². The van der Waals surface area contributed by atoms with E-state index in [1.165, 1.54) is 0 Å². The third kappa shape index (κ3) is 4.76. The second-order valence-corrected chi connectivity index (χ2v) is 5.53. The fraction of sp³-hybridized carbons (Fsp3) is 1.00. The summed E-state index contributed by atoms with van der Waals surface area (Å²) in [6.45, 7) is 2.11. The molecular formula is C13H24F3NO. The van der Waals surface area contributed by atoms with Gasteiger partial charge in [0.25, 0.3) is 0 Å². The first-order chi connectivity index (χ1) is 8.34. The zero-order chi connectivity index (χ0) is 13.8. The molecule has 0 heterocycles. The fourth-order valence-electron chi connectivity index (χ4n) is 2.69. The second kappa shape index (κ2) is 6.75. The highest BCUT2D eigenvalue weighted by Gasteiger charge is 2.44. The smallest absolute Gasteiger partial charge is 0.383 e. The molecule has 0 aromatic rings. The maximum absolute atomic E-state index is 12.4. The molecule has 108 valence electrons. The van der Waals surface area contributed by atoms with Gasteiger partial charge in [0.15, 0.2) is 6.10 Å². The van der Waals surface area contributed by atoms with Crippen molar-refractivity contribution in [2.45, 2.75) is 63.8 Å². The van der Waals surface area contributed by atoms with Crippen LogP contribution in [0.1, 0.15) is 45.4 Å². The van der Waals surface area contributed by atoms with Crippen LogP contribution in [0, 0.1) is 11.8 Å². The normalized spacial score (nSPS) is 29.0. The predicted molar refractivity (Wildman–Crippen MR) is 65.3 cm³/mol. The average molecular weight is 267 g/mol. The Kier molecular flexibility index (Phi) is 5.92. The van der Waals surface area contributed by atoms with E-state index in [1.807, 2.05) is 7.05 Å². The molecule has 18 heavy (non-hydrogen) atoms. The van der Waals surface area contributed by atoms with E-state index in [1.54, 1.807) is 0 Å². The Morgan fingerprint density at radius 3 is 2.22 bits per heavy atom. The highest BCUT2D eigenvalue weighted by Crippen LogP contribution is 2.38. The van der Waals surface area contributed by atoms with Crippen LogP contribution in [-0.4, -0.2) is 30.5 Å². The van der Waals surface area contributed by atoms with Crippen LogP contribution in [0.25, 0.3) is 0 Å². The fourth-order valence-corrected chi connectivity index (χ4v) is 2.69. The molecule has 0 spiro atoms. The maximum Gasteiger partial charge on any atom is 0.414 e. The molecule has 1 aliphatic rings. The quantitative estimate of drug-likeness (QED) is 0.802. The number of nitrogens with one attached hydrogen (secondary N) is 1. The van der Waals surface area contributed by atoms with E-state index < -0.39 is 18.2 Å². The monoisotopic (exact) mass is 267 g/mol. The Morgan fingerprint density at radius 2 is 1.78 bits per heavy atom. The Hall–Kier alpha value is -0.290. The maximum atomic E-state index is 12.4. The van der Waals surface area contributed by atoms with Crippen molar-refractivity contribution in [3.8, 4) is 0 Å². The van der Waals surface area contributed by atoms with E-state index in [0.717, 1.165) is 25.7 Å². The highest BCUT2D eigenvalue weighted by atomic mass is 19.4. The largest absolute Gasteiger partial charge is 0.414 e. The number of rotatable bonds is 5. The Balaban J connectivity index is 2.28. The lowest BCUT2D eigenvalue weighted by atomic mass is 9.77. The molecule has 0 radical (unpaired) electrons. The van der Waals surface area contributed by atoms with Crippen molar-refractivity contribution in [2.24, 2.45) is 11.8 Å². The van der Waals surface area contributed by atoms with Crippen LogP contribution in [0.5, 0.6) is 0 Å². The lowest BCUT2D eigenvalue weighted by Gasteiger charge is -2.32. The Morgan fingerprint density at radius 1 is 1.22 bits per heavy atom. The third-order valence-corrected chi connectivity index (χ3v) is 4.17. The Bertz CT molecular complexity index is 237. The number of aliphatic hydroxyl groups excluding tert-OH is 1. The summed E-state index contributed by atoms with van der Waals surface area (Å²) in [6, 6.07) is 0.462. The predicted octanol–water partition coefficient (Wildman–Crippen LogP) is 3.10. The van der Waals surface area contributed by atoms with Crippen molar-refractivity contribution >= 4 is 0 Å². The highest BCUT2D eigenvalue weighted by molar-refractivity contribution is 4.81. The van der Waals surface area contributed by atoms with Crippen LogP contribution in [0.15, 0.2) is 0 Å². The summed E-state index contributed by atoms with van der Waals surface area (Å²) in [7, 11) is 1.92. The molecule has 1 saturated carbocycles. The van der Waals surface area contributed by atoms with Crippen LogP contribution in [0.2, 0.25) is 0 Å². The zero-order valence-corrected chi connectivity index (χ0v) is 11.1.